The van der Waals surface area contributed by atoms with Crippen LogP contribution in [0.4, 0.5) is 0 Å². The van der Waals surface area contributed by atoms with Gasteiger partial charge in [-0.1, -0.05) is 89.5 Å². The van der Waals surface area contributed by atoms with Gasteiger partial charge >= 0.3 is 5.97 Å². The van der Waals surface area contributed by atoms with Gasteiger partial charge in [0.15, 0.2) is 0 Å². The molecule has 0 aliphatic carbocycles. The number of allylic oxidation sites excluding steroid dienone is 4. The van der Waals surface area contributed by atoms with E-state index in [0.717, 1.165) is 19.3 Å². The first-order valence-corrected chi connectivity index (χ1v) is 12.7. The summed E-state index contributed by atoms with van der Waals surface area (Å²) in [6.07, 6.45) is 30.2. The van der Waals surface area contributed by atoms with Crippen molar-refractivity contribution in [2.45, 2.75) is 130 Å². The lowest BCUT2D eigenvalue weighted by atomic mass is 10.1. The second-order valence-electron chi connectivity index (χ2n) is 8.05. The summed E-state index contributed by atoms with van der Waals surface area (Å²) in [6.45, 7) is 6.82. The molecule has 0 fully saturated rings. The molecule has 0 bridgehead atoms. The number of esters is 1. The van der Waals surface area contributed by atoms with Gasteiger partial charge in [-0.15, -0.1) is 0 Å². The zero-order valence-electron chi connectivity index (χ0n) is 20.5. The molecule has 0 rings (SSSR count). The monoisotopic (exact) mass is 424 g/mol. The van der Waals surface area contributed by atoms with Crippen LogP contribution in [-0.2, 0) is 9.53 Å². The highest BCUT2D eigenvalue weighted by atomic mass is 16.5. The van der Waals surface area contributed by atoms with Gasteiger partial charge in [-0.2, -0.15) is 0 Å². The molecule has 0 saturated heterocycles. The van der Waals surface area contributed by atoms with E-state index < -0.39 is 0 Å². The first-order valence-electron chi connectivity index (χ1n) is 12.7. The normalized spacial score (nSPS) is 11.1. The van der Waals surface area contributed by atoms with E-state index in [1.165, 1.54) is 96.8 Å². The van der Waals surface area contributed by atoms with Crippen molar-refractivity contribution in [1.29, 1.82) is 0 Å². The molecule has 0 heterocycles. The summed E-state index contributed by atoms with van der Waals surface area (Å²) < 4.78 is 4.81. The molecule has 0 aliphatic heterocycles. The van der Waals surface area contributed by atoms with Gasteiger partial charge in [0.05, 0.1) is 6.61 Å². The number of hydrogen-bond acceptors (Lipinski definition) is 3. The van der Waals surface area contributed by atoms with E-state index in [9.17, 15) is 4.79 Å². The van der Waals surface area contributed by atoms with Gasteiger partial charge in [-0.05, 0) is 57.8 Å². The van der Waals surface area contributed by atoms with E-state index in [4.69, 9.17) is 9.84 Å². The van der Waals surface area contributed by atoms with Crippen molar-refractivity contribution in [3.63, 3.8) is 0 Å². The van der Waals surface area contributed by atoms with Gasteiger partial charge < -0.3 is 9.84 Å². The fourth-order valence-corrected chi connectivity index (χ4v) is 2.99. The summed E-state index contributed by atoms with van der Waals surface area (Å²) >= 11 is 0. The summed E-state index contributed by atoms with van der Waals surface area (Å²) in [5, 5.41) is 8.62. The van der Waals surface area contributed by atoms with Crippen molar-refractivity contribution < 1.29 is 14.6 Å². The van der Waals surface area contributed by atoms with E-state index in [1.807, 2.05) is 0 Å². The summed E-state index contributed by atoms with van der Waals surface area (Å²) in [7, 11) is 0. The fraction of sp³-hybridized carbons (Fsp3) is 0.815. The Morgan fingerprint density at radius 3 is 1.53 bits per heavy atom. The first-order chi connectivity index (χ1) is 14.7. The van der Waals surface area contributed by atoms with Crippen molar-refractivity contribution in [3.05, 3.63) is 24.3 Å². The predicted molar refractivity (Wildman–Crippen MR) is 132 cm³/mol. The van der Waals surface area contributed by atoms with Crippen molar-refractivity contribution in [3.8, 4) is 0 Å². The Bertz CT molecular complexity index is 374. The Balaban J connectivity index is 0. The van der Waals surface area contributed by atoms with Crippen LogP contribution in [-0.4, -0.2) is 24.3 Å². The molecule has 0 aliphatic rings. The molecule has 0 aromatic heterocycles. The minimum absolute atomic E-state index is 0.183. The van der Waals surface area contributed by atoms with Gasteiger partial charge in [0.2, 0.25) is 0 Å². The molecule has 0 saturated carbocycles. The van der Waals surface area contributed by atoms with Crippen LogP contribution < -0.4 is 0 Å². The number of ether oxygens (including phenoxy) is 1. The van der Waals surface area contributed by atoms with E-state index in [0.29, 0.717) is 13.2 Å². The van der Waals surface area contributed by atoms with Crippen LogP contribution in [0.15, 0.2) is 24.3 Å². The maximum Gasteiger partial charge on any atom is 0.302 e. The zero-order valence-corrected chi connectivity index (χ0v) is 20.5. The lowest BCUT2D eigenvalue weighted by Gasteiger charge is -1.98. The van der Waals surface area contributed by atoms with Crippen LogP contribution in [0.1, 0.15) is 130 Å². The average molecular weight is 425 g/mol. The largest absolute Gasteiger partial charge is 0.466 e. The minimum atomic E-state index is -0.183. The Kier molecular flexibility index (Phi) is 31.2. The molecule has 0 aromatic carbocycles. The predicted octanol–water partition coefficient (Wildman–Crippen LogP) is 8.31. The number of carbonyl (C=O) groups is 1. The molecule has 3 heteroatoms. The molecule has 0 unspecified atom stereocenters. The molecule has 0 radical (unpaired) electrons. The van der Waals surface area contributed by atoms with Crippen molar-refractivity contribution in [2.75, 3.05) is 13.2 Å². The molecule has 0 amide bonds. The third-order valence-corrected chi connectivity index (χ3v) is 4.88. The molecular formula is C27H52O3. The second kappa shape index (κ2) is 30.1. The van der Waals surface area contributed by atoms with Crippen LogP contribution in [0.5, 0.6) is 0 Å². The second-order valence-corrected chi connectivity index (χ2v) is 8.05. The highest BCUT2D eigenvalue weighted by molar-refractivity contribution is 5.65. The third kappa shape index (κ3) is 34.4. The highest BCUT2D eigenvalue weighted by Gasteiger charge is 1.90. The van der Waals surface area contributed by atoms with E-state index in [-0.39, 0.29) is 5.97 Å². The smallest absolute Gasteiger partial charge is 0.302 e. The van der Waals surface area contributed by atoms with Gasteiger partial charge in [-0.25, -0.2) is 0 Å². The fourth-order valence-electron chi connectivity index (χ4n) is 2.99. The van der Waals surface area contributed by atoms with Crippen molar-refractivity contribution in [1.82, 2.24) is 0 Å². The lowest BCUT2D eigenvalue weighted by Crippen LogP contribution is -1.99. The average Bonchev–Trinajstić information content (AvgIpc) is 2.74. The van der Waals surface area contributed by atoms with Gasteiger partial charge in [-0.3, -0.25) is 4.79 Å². The van der Waals surface area contributed by atoms with Crippen LogP contribution in [0.25, 0.3) is 0 Å². The van der Waals surface area contributed by atoms with Crippen LogP contribution in [0, 0.1) is 0 Å². The van der Waals surface area contributed by atoms with E-state index in [2.05, 4.69) is 38.2 Å². The number of hydrogen-bond donors (Lipinski definition) is 1. The maximum atomic E-state index is 10.4. The maximum absolute atomic E-state index is 10.4. The number of aliphatic hydroxyl groups is 1. The highest BCUT2D eigenvalue weighted by Crippen LogP contribution is 2.07. The number of rotatable bonds is 20. The van der Waals surface area contributed by atoms with Gasteiger partial charge in [0, 0.05) is 13.5 Å². The number of aliphatic hydroxyl groups excluding tert-OH is 1. The molecule has 0 spiro atoms. The van der Waals surface area contributed by atoms with Crippen LogP contribution in [0.3, 0.4) is 0 Å². The lowest BCUT2D eigenvalue weighted by molar-refractivity contribution is -0.141. The topological polar surface area (TPSA) is 46.5 Å². The summed E-state index contributed by atoms with van der Waals surface area (Å²) in [5.74, 6) is -0.183. The van der Waals surface area contributed by atoms with E-state index >= 15 is 0 Å². The summed E-state index contributed by atoms with van der Waals surface area (Å²) in [4.78, 5) is 10.4. The summed E-state index contributed by atoms with van der Waals surface area (Å²) in [5.41, 5.74) is 0. The molecule has 3 nitrogen and oxygen atoms in total. The third-order valence-electron chi connectivity index (χ3n) is 4.88. The van der Waals surface area contributed by atoms with E-state index in [1.54, 1.807) is 0 Å². The van der Waals surface area contributed by atoms with Gasteiger partial charge in [0.1, 0.15) is 0 Å². The first kappa shape index (κ1) is 31.1. The van der Waals surface area contributed by atoms with Gasteiger partial charge in [0.25, 0.3) is 0 Å². The molecule has 1 N–H and O–H groups in total. The van der Waals surface area contributed by atoms with Crippen LogP contribution in [0.2, 0.25) is 0 Å². The molecule has 0 aromatic rings. The quantitative estimate of drug-likeness (QED) is 0.121. The standard InChI is InChI=1S/C15H30O.C12H22O2/c1-2-3-4-5-6-7-8-9-10-11-12-13-14-15-16;1-3-4-5-6-7-8-9-10-11-14-12(2)13/h7-8,16H,2-6,9-15H2,1H3;7-8H,3-6,9-11H2,1-2H3/b8-7-;8-7+. The molecule has 0 atom stereocenters. The zero-order chi connectivity index (χ0) is 22.5. The number of carbonyl (C=O) groups excluding carboxylic acids is 1. The van der Waals surface area contributed by atoms with Crippen molar-refractivity contribution >= 4 is 5.97 Å². The SMILES string of the molecule is CCCCC/C=C/CCCOC(C)=O.CCCCCC/C=C\CCCCCCCO. The Morgan fingerprint density at radius 1 is 0.633 bits per heavy atom. The Morgan fingerprint density at radius 2 is 1.03 bits per heavy atom. The van der Waals surface area contributed by atoms with Crippen LogP contribution >= 0.6 is 0 Å². The number of unbranched alkanes of at least 4 members (excludes halogenated alkanes) is 13. The molecule has 178 valence electrons. The summed E-state index contributed by atoms with van der Waals surface area (Å²) in [6, 6.07) is 0. The Hall–Kier alpha value is -1.09. The Labute approximate surface area is 188 Å². The molecular weight excluding hydrogens is 372 g/mol. The minimum Gasteiger partial charge on any atom is -0.466 e. The molecule has 30 heavy (non-hydrogen) atoms. The van der Waals surface area contributed by atoms with Crippen molar-refractivity contribution in [2.24, 2.45) is 0 Å².